The summed E-state index contributed by atoms with van der Waals surface area (Å²) < 4.78 is 22.1. The molecule has 0 spiro atoms. The number of rotatable bonds is 4. The average Bonchev–Trinajstić information content (AvgIpc) is 2.26. The topological polar surface area (TPSA) is 35.5 Å². The Morgan fingerprint density at radius 3 is 2.53 bits per heavy atom. The highest BCUT2D eigenvalue weighted by atomic mass is 19.1. The second kappa shape index (κ2) is 5.14. The van der Waals surface area contributed by atoms with Crippen LogP contribution in [0.15, 0.2) is 36.4 Å². The molecule has 0 fully saturated rings. The van der Waals surface area contributed by atoms with Crippen LogP contribution in [0.2, 0.25) is 0 Å². The monoisotopic (exact) mass is 210 g/mol. The van der Waals surface area contributed by atoms with E-state index < -0.39 is 5.97 Å². The molecule has 0 unspecified atom stereocenters. The molecule has 0 aromatic heterocycles. The molecule has 0 aliphatic rings. The van der Waals surface area contributed by atoms with Gasteiger partial charge in [0.25, 0.3) is 0 Å². The van der Waals surface area contributed by atoms with Crippen molar-refractivity contribution in [3.05, 3.63) is 42.2 Å². The number of halogens is 1. The van der Waals surface area contributed by atoms with Crippen molar-refractivity contribution in [3.8, 4) is 5.75 Å². The van der Waals surface area contributed by atoms with Gasteiger partial charge in [-0.15, -0.1) is 0 Å². The van der Waals surface area contributed by atoms with Crippen LogP contribution in [0.1, 0.15) is 0 Å². The zero-order chi connectivity index (χ0) is 11.3. The van der Waals surface area contributed by atoms with Crippen LogP contribution in [0.3, 0.4) is 0 Å². The lowest BCUT2D eigenvalue weighted by Crippen LogP contribution is -2.11. The minimum Gasteiger partial charge on any atom is -0.489 e. The Bertz CT molecular complexity index is 357. The Hall–Kier alpha value is -1.84. The summed E-state index contributed by atoms with van der Waals surface area (Å²) in [4.78, 5) is 10.9. The molecule has 0 amide bonds. The molecule has 0 radical (unpaired) electrons. The van der Waals surface area contributed by atoms with Gasteiger partial charge in [-0.25, -0.2) is 9.18 Å². The third-order valence-electron chi connectivity index (χ3n) is 1.70. The minimum absolute atomic E-state index is 0.0261. The van der Waals surface area contributed by atoms with E-state index >= 15 is 0 Å². The van der Waals surface area contributed by atoms with Crippen LogP contribution >= 0.6 is 0 Å². The van der Waals surface area contributed by atoms with E-state index in [2.05, 4.69) is 11.3 Å². The van der Waals surface area contributed by atoms with E-state index in [0.29, 0.717) is 5.75 Å². The smallest absolute Gasteiger partial charge is 0.336 e. The number of hydrogen-bond acceptors (Lipinski definition) is 3. The zero-order valence-corrected chi connectivity index (χ0v) is 8.33. The molecule has 4 heteroatoms. The maximum atomic E-state index is 12.5. The van der Waals surface area contributed by atoms with E-state index in [1.165, 1.54) is 31.4 Å². The van der Waals surface area contributed by atoms with Crippen molar-refractivity contribution in [1.29, 1.82) is 0 Å². The van der Waals surface area contributed by atoms with Crippen molar-refractivity contribution in [2.24, 2.45) is 0 Å². The minimum atomic E-state index is -0.517. The van der Waals surface area contributed by atoms with E-state index in [4.69, 9.17) is 4.74 Å². The fourth-order valence-corrected chi connectivity index (χ4v) is 0.905. The van der Waals surface area contributed by atoms with Gasteiger partial charge in [0.2, 0.25) is 0 Å². The number of methoxy groups -OCH3 is 1. The standard InChI is InChI=1S/C11H11FO3/c1-8(11(13)14-2)7-15-10-5-3-9(12)4-6-10/h3-6H,1,7H2,2H3. The first-order valence-corrected chi connectivity index (χ1v) is 4.28. The van der Waals surface area contributed by atoms with Gasteiger partial charge < -0.3 is 9.47 Å². The second-order valence-electron chi connectivity index (χ2n) is 2.84. The van der Waals surface area contributed by atoms with Gasteiger partial charge in [0.05, 0.1) is 12.7 Å². The first-order chi connectivity index (χ1) is 7.13. The molecule has 0 heterocycles. The number of carbonyl (C=O) groups is 1. The van der Waals surface area contributed by atoms with Crippen LogP contribution in [0.25, 0.3) is 0 Å². The highest BCUT2D eigenvalue weighted by Crippen LogP contribution is 2.11. The highest BCUT2D eigenvalue weighted by Gasteiger charge is 2.06. The normalized spacial score (nSPS) is 9.47. The number of ether oxygens (including phenoxy) is 2. The van der Waals surface area contributed by atoms with Crippen molar-refractivity contribution in [2.75, 3.05) is 13.7 Å². The SMILES string of the molecule is C=C(COc1ccc(F)cc1)C(=O)OC. The lowest BCUT2D eigenvalue weighted by molar-refractivity contribution is -0.136. The van der Waals surface area contributed by atoms with E-state index in [-0.39, 0.29) is 18.0 Å². The van der Waals surface area contributed by atoms with Gasteiger partial charge >= 0.3 is 5.97 Å². The summed E-state index contributed by atoms with van der Waals surface area (Å²) in [6.45, 7) is 3.51. The lowest BCUT2D eigenvalue weighted by Gasteiger charge is -2.06. The molecule has 0 bridgehead atoms. The number of esters is 1. The summed E-state index contributed by atoms with van der Waals surface area (Å²) in [6.07, 6.45) is 0. The van der Waals surface area contributed by atoms with Gasteiger partial charge in [-0.3, -0.25) is 0 Å². The first-order valence-electron chi connectivity index (χ1n) is 4.28. The van der Waals surface area contributed by atoms with Crippen LogP contribution in [0.4, 0.5) is 4.39 Å². The Morgan fingerprint density at radius 2 is 2.00 bits per heavy atom. The molecule has 0 atom stereocenters. The van der Waals surface area contributed by atoms with Crippen molar-refractivity contribution in [3.63, 3.8) is 0 Å². The molecule has 1 aromatic rings. The summed E-state index contributed by atoms with van der Waals surface area (Å²) in [5, 5.41) is 0. The maximum Gasteiger partial charge on any atom is 0.336 e. The molecule has 0 N–H and O–H groups in total. The molecular weight excluding hydrogens is 199 g/mol. The number of carbonyl (C=O) groups excluding carboxylic acids is 1. The molecule has 1 rings (SSSR count). The van der Waals surface area contributed by atoms with E-state index in [9.17, 15) is 9.18 Å². The largest absolute Gasteiger partial charge is 0.489 e. The van der Waals surface area contributed by atoms with Crippen LogP contribution in [0, 0.1) is 5.82 Å². The van der Waals surface area contributed by atoms with Gasteiger partial charge in [0, 0.05) is 0 Å². The fourth-order valence-electron chi connectivity index (χ4n) is 0.905. The molecule has 3 nitrogen and oxygen atoms in total. The van der Waals surface area contributed by atoms with Gasteiger partial charge in [0.15, 0.2) is 0 Å². The van der Waals surface area contributed by atoms with E-state index in [1.807, 2.05) is 0 Å². The van der Waals surface area contributed by atoms with Crippen LogP contribution in [-0.2, 0) is 9.53 Å². The Balaban J connectivity index is 2.47. The van der Waals surface area contributed by atoms with Crippen LogP contribution in [0.5, 0.6) is 5.75 Å². The first kappa shape index (κ1) is 11.2. The average molecular weight is 210 g/mol. The van der Waals surface area contributed by atoms with Crippen molar-refractivity contribution < 1.29 is 18.7 Å². The molecule has 15 heavy (non-hydrogen) atoms. The molecule has 0 aliphatic carbocycles. The molecule has 80 valence electrons. The van der Waals surface area contributed by atoms with E-state index in [1.54, 1.807) is 0 Å². The number of hydrogen-bond donors (Lipinski definition) is 0. The summed E-state index contributed by atoms with van der Waals surface area (Å²) in [6, 6.07) is 5.49. The van der Waals surface area contributed by atoms with Crippen molar-refractivity contribution in [2.45, 2.75) is 0 Å². The van der Waals surface area contributed by atoms with E-state index in [0.717, 1.165) is 0 Å². The molecule has 0 saturated carbocycles. The zero-order valence-electron chi connectivity index (χ0n) is 8.33. The van der Waals surface area contributed by atoms with Gasteiger partial charge in [-0.1, -0.05) is 6.58 Å². The summed E-state index contributed by atoms with van der Waals surface area (Å²) in [7, 11) is 1.27. The maximum absolute atomic E-state index is 12.5. The molecular formula is C11H11FO3. The molecule has 1 aromatic carbocycles. The van der Waals surface area contributed by atoms with Crippen LogP contribution in [-0.4, -0.2) is 19.7 Å². The second-order valence-corrected chi connectivity index (χ2v) is 2.84. The third-order valence-corrected chi connectivity index (χ3v) is 1.70. The highest BCUT2D eigenvalue weighted by molar-refractivity contribution is 5.87. The molecule has 0 aliphatic heterocycles. The van der Waals surface area contributed by atoms with Crippen LogP contribution < -0.4 is 4.74 Å². The predicted molar refractivity (Wildman–Crippen MR) is 53.1 cm³/mol. The Labute approximate surface area is 87.1 Å². The van der Waals surface area contributed by atoms with Gasteiger partial charge in [0.1, 0.15) is 18.2 Å². The summed E-state index contributed by atoms with van der Waals surface area (Å²) in [5.41, 5.74) is 0.210. The summed E-state index contributed by atoms with van der Waals surface area (Å²) >= 11 is 0. The third kappa shape index (κ3) is 3.42. The summed E-state index contributed by atoms with van der Waals surface area (Å²) in [5.74, 6) is -0.382. The number of benzene rings is 1. The Kier molecular flexibility index (Phi) is 3.85. The molecule has 0 saturated heterocycles. The quantitative estimate of drug-likeness (QED) is 0.562. The fraction of sp³-hybridized carbons (Fsp3) is 0.182. The predicted octanol–water partition coefficient (Wildman–Crippen LogP) is 1.93. The lowest BCUT2D eigenvalue weighted by atomic mass is 10.3. The van der Waals surface area contributed by atoms with Gasteiger partial charge in [-0.2, -0.15) is 0 Å². The Morgan fingerprint density at radius 1 is 1.40 bits per heavy atom. The van der Waals surface area contributed by atoms with Crippen molar-refractivity contribution >= 4 is 5.97 Å². The van der Waals surface area contributed by atoms with Gasteiger partial charge in [-0.05, 0) is 24.3 Å². The van der Waals surface area contributed by atoms with Crippen molar-refractivity contribution in [1.82, 2.24) is 0 Å².